The van der Waals surface area contributed by atoms with Gasteiger partial charge in [0.15, 0.2) is 0 Å². The van der Waals surface area contributed by atoms with Crippen molar-refractivity contribution >= 4 is 34.3 Å². The Morgan fingerprint density at radius 2 is 1.81 bits per heavy atom. The number of hydrogen-bond donors (Lipinski definition) is 1. The van der Waals surface area contributed by atoms with Gasteiger partial charge in [0.05, 0.1) is 5.54 Å². The van der Waals surface area contributed by atoms with Crippen molar-refractivity contribution in [1.82, 2.24) is 24.3 Å². The summed E-state index contributed by atoms with van der Waals surface area (Å²) in [6, 6.07) is 11.1. The lowest BCUT2D eigenvalue weighted by atomic mass is 9.42. The van der Waals surface area contributed by atoms with E-state index in [1.165, 1.54) is 5.69 Å². The molecule has 4 aliphatic rings. The van der Waals surface area contributed by atoms with Crippen LogP contribution in [0.1, 0.15) is 44.1 Å². The van der Waals surface area contributed by atoms with Gasteiger partial charge in [-0.3, -0.25) is 9.69 Å². The fraction of sp³-hybridized carbons (Fsp3) is 0.536. The second-order valence-electron chi connectivity index (χ2n) is 11.4. The molecule has 4 fully saturated rings. The van der Waals surface area contributed by atoms with Crippen LogP contribution < -0.4 is 10.2 Å². The Kier molecular flexibility index (Phi) is 5.48. The maximum absolute atomic E-state index is 13.1. The molecule has 2 bridgehead atoms. The van der Waals surface area contributed by atoms with E-state index >= 15 is 0 Å². The predicted octanol–water partition coefficient (Wildman–Crippen LogP) is 4.16. The zero-order valence-corrected chi connectivity index (χ0v) is 22.0. The molecule has 0 spiro atoms. The summed E-state index contributed by atoms with van der Waals surface area (Å²) in [6.45, 7) is 11.1. The van der Waals surface area contributed by atoms with Crippen LogP contribution in [0.15, 0.2) is 36.5 Å². The lowest BCUT2D eigenvalue weighted by Gasteiger charge is -2.68. The first-order chi connectivity index (χ1) is 17.3. The third-order valence-corrected chi connectivity index (χ3v) is 8.93. The molecule has 0 unspecified atom stereocenters. The number of benzene rings is 1. The first kappa shape index (κ1) is 23.3. The molecule has 1 N–H and O–H groups in total. The first-order valence-electron chi connectivity index (χ1n) is 13.2. The molecule has 8 heteroatoms. The maximum Gasteiger partial charge on any atom is 0.270 e. The Hall–Kier alpha value is -3.13. The molecule has 0 radical (unpaired) electrons. The minimum atomic E-state index is 0.0142. The summed E-state index contributed by atoms with van der Waals surface area (Å²) in [5.41, 5.74) is 3.79. The van der Waals surface area contributed by atoms with E-state index in [-0.39, 0.29) is 11.4 Å². The van der Waals surface area contributed by atoms with Crippen LogP contribution in [-0.2, 0) is 5.54 Å². The van der Waals surface area contributed by atoms with Crippen LogP contribution in [0.5, 0.6) is 0 Å². The molecule has 1 atom stereocenters. The third-order valence-electron chi connectivity index (χ3n) is 8.93. The Labute approximate surface area is 213 Å². The number of anilines is 3. The molecule has 1 amide bonds. The Morgan fingerprint density at radius 1 is 1.11 bits per heavy atom. The number of nitrogens with zero attached hydrogens (tertiary/aromatic N) is 6. The van der Waals surface area contributed by atoms with Crippen molar-refractivity contribution in [2.75, 3.05) is 50.5 Å². The van der Waals surface area contributed by atoms with Crippen molar-refractivity contribution in [3.63, 3.8) is 0 Å². The summed E-state index contributed by atoms with van der Waals surface area (Å²) in [6.07, 6.45) is 4.10. The molecule has 36 heavy (non-hydrogen) atoms. The van der Waals surface area contributed by atoms with Crippen molar-refractivity contribution in [2.45, 2.75) is 45.2 Å². The lowest BCUT2D eigenvalue weighted by molar-refractivity contribution is -0.160. The van der Waals surface area contributed by atoms with Crippen molar-refractivity contribution in [2.24, 2.45) is 11.8 Å². The average molecular weight is 488 g/mol. The van der Waals surface area contributed by atoms with Gasteiger partial charge >= 0.3 is 0 Å². The van der Waals surface area contributed by atoms with Crippen LogP contribution in [-0.4, -0.2) is 76.6 Å². The number of carbonyl (C=O) groups excluding carboxylic acids is 1. The molecule has 7 rings (SSSR count). The van der Waals surface area contributed by atoms with Crippen molar-refractivity contribution < 1.29 is 4.79 Å². The van der Waals surface area contributed by atoms with Gasteiger partial charge in [0.25, 0.3) is 5.91 Å². The SMILES string of the molecule is CC(C)N1CCN(c2ccc(Nc3ncc4cc(C(=O)N(C)C)n(C56CC(C5)[C@H]6C)c4n3)cc2)CC1. The normalized spacial score (nSPS) is 25.6. The fourth-order valence-corrected chi connectivity index (χ4v) is 6.35. The highest BCUT2D eigenvalue weighted by molar-refractivity contribution is 5.98. The predicted molar refractivity (Wildman–Crippen MR) is 144 cm³/mol. The van der Waals surface area contributed by atoms with Gasteiger partial charge in [-0.15, -0.1) is 0 Å². The van der Waals surface area contributed by atoms with Crippen molar-refractivity contribution in [3.8, 4) is 0 Å². The molecule has 1 saturated heterocycles. The summed E-state index contributed by atoms with van der Waals surface area (Å²) in [7, 11) is 3.62. The quantitative estimate of drug-likeness (QED) is 0.563. The first-order valence-corrected chi connectivity index (χ1v) is 13.2. The molecule has 190 valence electrons. The van der Waals surface area contributed by atoms with E-state index in [0.717, 1.165) is 61.7 Å². The molecule has 8 nitrogen and oxygen atoms in total. The molecule has 1 aromatic carbocycles. The second kappa shape index (κ2) is 8.47. The number of hydrogen-bond acceptors (Lipinski definition) is 6. The molecule has 3 saturated carbocycles. The standard InChI is InChI=1S/C28H37N7O/c1-18(2)33-10-12-34(13-11-33)23-8-6-22(7-9-23)30-27-29-17-20-14-24(26(36)32(4)5)35(25(20)31-27)28-15-21(16-28)19(28)3/h6-9,14,17-19,21H,10-13,15-16H2,1-5H3,(H,29,30,31)/t19-,21?,28?/m1/s1. The molecule has 3 aromatic rings. The number of aromatic nitrogens is 3. The van der Waals surface area contributed by atoms with Gasteiger partial charge in [-0.05, 0) is 68.9 Å². The molecule has 1 aliphatic heterocycles. The summed E-state index contributed by atoms with van der Waals surface area (Å²) in [5.74, 6) is 1.92. The van der Waals surface area contributed by atoms with E-state index in [9.17, 15) is 4.79 Å². The maximum atomic E-state index is 13.1. The average Bonchev–Trinajstić information content (AvgIpc) is 3.21. The van der Waals surface area contributed by atoms with Crippen molar-refractivity contribution in [1.29, 1.82) is 0 Å². The number of rotatable bonds is 6. The fourth-order valence-electron chi connectivity index (χ4n) is 6.35. The van der Waals surface area contributed by atoms with Gasteiger partial charge in [-0.2, -0.15) is 4.98 Å². The highest BCUT2D eigenvalue weighted by Gasteiger charge is 2.65. The number of piperazine rings is 1. The van der Waals surface area contributed by atoms with Crippen molar-refractivity contribution in [3.05, 3.63) is 42.2 Å². The number of nitrogens with one attached hydrogen (secondary N) is 1. The smallest absolute Gasteiger partial charge is 0.270 e. The molecule has 2 aromatic heterocycles. The van der Waals surface area contributed by atoms with Gasteiger partial charge in [0.2, 0.25) is 5.95 Å². The highest BCUT2D eigenvalue weighted by Crippen LogP contribution is 2.67. The highest BCUT2D eigenvalue weighted by atomic mass is 16.2. The molecule has 3 aliphatic carbocycles. The number of amides is 1. The van der Waals surface area contributed by atoms with Crippen LogP contribution >= 0.6 is 0 Å². The summed E-state index contributed by atoms with van der Waals surface area (Å²) >= 11 is 0. The monoisotopic (exact) mass is 487 g/mol. The Balaban J connectivity index is 1.25. The topological polar surface area (TPSA) is 69.5 Å². The van der Waals surface area contributed by atoms with Gasteiger partial charge in [0, 0.05) is 69.3 Å². The minimum absolute atomic E-state index is 0.0142. The largest absolute Gasteiger partial charge is 0.369 e. The van der Waals surface area contributed by atoms with E-state index in [1.807, 2.05) is 26.4 Å². The van der Waals surface area contributed by atoms with Gasteiger partial charge in [-0.1, -0.05) is 6.92 Å². The summed E-state index contributed by atoms with van der Waals surface area (Å²) in [5, 5.41) is 4.31. The van der Waals surface area contributed by atoms with Gasteiger partial charge < -0.3 is 19.7 Å². The Morgan fingerprint density at radius 3 is 2.36 bits per heavy atom. The molecule has 3 heterocycles. The van der Waals surface area contributed by atoms with Crippen LogP contribution in [0.2, 0.25) is 0 Å². The van der Waals surface area contributed by atoms with Gasteiger partial charge in [0.1, 0.15) is 11.3 Å². The lowest BCUT2D eigenvalue weighted by Crippen LogP contribution is -2.67. The summed E-state index contributed by atoms with van der Waals surface area (Å²) < 4.78 is 2.22. The minimum Gasteiger partial charge on any atom is -0.369 e. The molecular formula is C28H37N7O. The zero-order valence-electron chi connectivity index (χ0n) is 22.0. The van der Waals surface area contributed by atoms with Crippen LogP contribution in [0, 0.1) is 11.8 Å². The van der Waals surface area contributed by atoms with E-state index < -0.39 is 0 Å². The van der Waals surface area contributed by atoms with Crippen LogP contribution in [0.4, 0.5) is 17.3 Å². The zero-order chi connectivity index (χ0) is 25.2. The van der Waals surface area contributed by atoms with E-state index in [4.69, 9.17) is 4.98 Å². The Bertz CT molecular complexity index is 1280. The van der Waals surface area contributed by atoms with Gasteiger partial charge in [-0.25, -0.2) is 4.98 Å². The molecular weight excluding hydrogens is 450 g/mol. The summed E-state index contributed by atoms with van der Waals surface area (Å²) in [4.78, 5) is 29.2. The van der Waals surface area contributed by atoms with E-state index in [2.05, 4.69) is 69.7 Å². The van der Waals surface area contributed by atoms with Crippen LogP contribution in [0.25, 0.3) is 11.0 Å². The van der Waals surface area contributed by atoms with E-state index in [0.29, 0.717) is 23.6 Å². The second-order valence-corrected chi connectivity index (χ2v) is 11.4. The van der Waals surface area contributed by atoms with E-state index in [1.54, 1.807) is 4.90 Å². The number of carbonyl (C=O) groups is 1. The van der Waals surface area contributed by atoms with Crippen LogP contribution in [0.3, 0.4) is 0 Å². The third kappa shape index (κ3) is 3.57. The number of fused-ring (bicyclic) bond motifs is 1.